The summed E-state index contributed by atoms with van der Waals surface area (Å²) in [4.78, 5) is 17.0. The van der Waals surface area contributed by atoms with Gasteiger partial charge in [-0.3, -0.25) is 4.79 Å². The van der Waals surface area contributed by atoms with Crippen LogP contribution in [0.5, 0.6) is 5.88 Å². The van der Waals surface area contributed by atoms with Gasteiger partial charge in [-0.25, -0.2) is 4.99 Å². The van der Waals surface area contributed by atoms with Crippen molar-refractivity contribution in [2.75, 3.05) is 0 Å². The number of fused-ring (bicyclic) bond motifs is 1. The zero-order valence-corrected chi connectivity index (χ0v) is 16.1. The van der Waals surface area contributed by atoms with E-state index in [1.807, 2.05) is 19.1 Å². The van der Waals surface area contributed by atoms with Crippen LogP contribution in [0.1, 0.15) is 34.8 Å². The molecule has 0 bridgehead atoms. The number of carbonyl (C=O) groups excluding carboxylic acids is 1. The fourth-order valence-corrected chi connectivity index (χ4v) is 3.67. The topological polar surface area (TPSA) is 54.6 Å². The zero-order chi connectivity index (χ0) is 19.1. The first-order chi connectivity index (χ1) is 13.0. The predicted octanol–water partition coefficient (Wildman–Crippen LogP) is 5.57. The third-order valence-corrected chi connectivity index (χ3v) is 5.09. The van der Waals surface area contributed by atoms with Gasteiger partial charge in [-0.05, 0) is 36.2 Å². The normalized spacial score (nSPS) is 13.0. The maximum Gasteiger partial charge on any atom is 0.280 e. The summed E-state index contributed by atoms with van der Waals surface area (Å²) in [6.07, 6.45) is 0.809. The van der Waals surface area contributed by atoms with Crippen LogP contribution in [0.2, 0.25) is 10.0 Å². The maximum absolute atomic E-state index is 12.8. The minimum Gasteiger partial charge on any atom is -0.494 e. The molecule has 0 saturated heterocycles. The van der Waals surface area contributed by atoms with Crippen molar-refractivity contribution in [3.8, 4) is 17.1 Å². The van der Waals surface area contributed by atoms with Crippen LogP contribution in [-0.4, -0.2) is 21.3 Å². The molecule has 0 radical (unpaired) electrons. The van der Waals surface area contributed by atoms with E-state index in [0.717, 1.165) is 17.5 Å². The maximum atomic E-state index is 12.8. The summed E-state index contributed by atoms with van der Waals surface area (Å²) in [6.45, 7) is 2.60. The van der Waals surface area contributed by atoms with Gasteiger partial charge in [0.05, 0.1) is 22.5 Å². The lowest BCUT2D eigenvalue weighted by molar-refractivity contribution is 0.101. The summed E-state index contributed by atoms with van der Waals surface area (Å²) in [5.74, 6) is -0.304. The first-order valence-corrected chi connectivity index (χ1v) is 9.37. The van der Waals surface area contributed by atoms with Crippen LogP contribution in [0.4, 0.5) is 0 Å². The van der Waals surface area contributed by atoms with Gasteiger partial charge in [-0.1, -0.05) is 54.4 Å². The number of hydrogen-bond acceptors (Lipinski definition) is 2. The van der Waals surface area contributed by atoms with Gasteiger partial charge in [0.2, 0.25) is 5.88 Å². The van der Waals surface area contributed by atoms with Crippen LogP contribution in [-0.2, 0) is 6.54 Å². The number of rotatable bonds is 4. The first-order valence-electron chi connectivity index (χ1n) is 8.62. The van der Waals surface area contributed by atoms with E-state index in [4.69, 9.17) is 23.2 Å². The minimum absolute atomic E-state index is 0.0522. The second-order valence-corrected chi connectivity index (χ2v) is 7.23. The fourth-order valence-electron chi connectivity index (χ4n) is 3.42. The number of hydrogen-bond donors (Lipinski definition) is 1. The van der Waals surface area contributed by atoms with Crippen molar-refractivity contribution in [1.29, 1.82) is 0 Å². The Labute approximate surface area is 166 Å². The average molecular weight is 399 g/mol. The van der Waals surface area contributed by atoms with E-state index in [0.29, 0.717) is 39.1 Å². The number of nitrogens with zero attached hydrogens (tertiary/aromatic N) is 2. The van der Waals surface area contributed by atoms with Crippen molar-refractivity contribution in [1.82, 2.24) is 4.57 Å². The number of carbonyl (C=O) groups is 1. The zero-order valence-electron chi connectivity index (χ0n) is 14.5. The Bertz CT molecular complexity index is 1070. The van der Waals surface area contributed by atoms with E-state index in [1.54, 1.807) is 41.0 Å². The van der Waals surface area contributed by atoms with Crippen LogP contribution in [0, 0.1) is 0 Å². The lowest BCUT2D eigenvalue weighted by Crippen LogP contribution is -2.04. The Balaban J connectivity index is 1.95. The predicted molar refractivity (Wildman–Crippen MR) is 108 cm³/mol. The monoisotopic (exact) mass is 398 g/mol. The minimum atomic E-state index is -0.356. The molecule has 6 heteroatoms. The van der Waals surface area contributed by atoms with Crippen molar-refractivity contribution in [3.05, 3.63) is 75.3 Å². The number of aromatic nitrogens is 1. The molecular weight excluding hydrogens is 383 g/mol. The molecule has 0 aliphatic carbocycles. The summed E-state index contributed by atoms with van der Waals surface area (Å²) in [7, 11) is 0. The molecular formula is C21H16Cl2N2O2. The van der Waals surface area contributed by atoms with Crippen LogP contribution >= 0.6 is 23.2 Å². The summed E-state index contributed by atoms with van der Waals surface area (Å²) >= 11 is 12.0. The second-order valence-electron chi connectivity index (χ2n) is 6.35. The Morgan fingerprint density at radius 1 is 0.926 bits per heavy atom. The molecule has 1 aliphatic heterocycles. The average Bonchev–Trinajstić information content (AvgIpc) is 3.14. The van der Waals surface area contributed by atoms with Gasteiger partial charge in [0.1, 0.15) is 0 Å². The van der Waals surface area contributed by atoms with Crippen molar-refractivity contribution in [2.24, 2.45) is 4.99 Å². The molecule has 1 amide bonds. The molecule has 1 aliphatic rings. The molecule has 0 atom stereocenters. The van der Waals surface area contributed by atoms with Gasteiger partial charge < -0.3 is 9.67 Å². The van der Waals surface area contributed by atoms with Crippen LogP contribution in [0.15, 0.2) is 53.5 Å². The lowest BCUT2D eigenvalue weighted by Gasteiger charge is -2.11. The second kappa shape index (κ2) is 6.87. The molecule has 0 fully saturated rings. The Morgan fingerprint density at radius 3 is 2.04 bits per heavy atom. The molecule has 27 heavy (non-hydrogen) atoms. The van der Waals surface area contributed by atoms with E-state index in [2.05, 4.69) is 4.99 Å². The third-order valence-electron chi connectivity index (χ3n) is 4.58. The van der Waals surface area contributed by atoms with Gasteiger partial charge in [-0.2, -0.15) is 0 Å². The molecule has 4 nitrogen and oxygen atoms in total. The highest BCUT2D eigenvalue weighted by Crippen LogP contribution is 2.41. The molecule has 136 valence electrons. The summed E-state index contributed by atoms with van der Waals surface area (Å²) in [5, 5.41) is 12.2. The molecule has 4 rings (SSSR count). The van der Waals surface area contributed by atoms with Gasteiger partial charge >= 0.3 is 0 Å². The number of aliphatic imine (C=N–C) groups is 1. The third kappa shape index (κ3) is 2.95. The molecule has 0 spiro atoms. The SMILES string of the molecule is CCCn1c(O)c2c(c1-c1ccc(Cl)cc1)C(=O)N=C2c1ccc(Cl)cc1. The lowest BCUT2D eigenvalue weighted by atomic mass is 10.0. The Morgan fingerprint density at radius 2 is 1.48 bits per heavy atom. The number of benzene rings is 2. The van der Waals surface area contributed by atoms with Gasteiger partial charge in [0, 0.05) is 22.2 Å². The molecule has 2 aromatic carbocycles. The fraction of sp³-hybridized carbons (Fsp3) is 0.143. The van der Waals surface area contributed by atoms with Crippen LogP contribution in [0.25, 0.3) is 11.3 Å². The highest BCUT2D eigenvalue weighted by Gasteiger charge is 2.35. The van der Waals surface area contributed by atoms with Crippen molar-refractivity contribution >= 4 is 34.8 Å². The molecule has 1 aromatic heterocycles. The van der Waals surface area contributed by atoms with Crippen molar-refractivity contribution in [3.63, 3.8) is 0 Å². The highest BCUT2D eigenvalue weighted by atomic mass is 35.5. The van der Waals surface area contributed by atoms with Gasteiger partial charge in [0.15, 0.2) is 0 Å². The van der Waals surface area contributed by atoms with Crippen LogP contribution in [0.3, 0.4) is 0 Å². The standard InChI is InChI=1S/C21H16Cl2N2O2/c1-2-11-25-19(13-5-9-15(23)10-6-13)17-16(21(25)27)18(24-20(17)26)12-3-7-14(22)8-4-12/h3-10,27H,2,11H2,1H3. The molecule has 2 heterocycles. The summed E-state index contributed by atoms with van der Waals surface area (Å²) in [6, 6.07) is 14.3. The highest BCUT2D eigenvalue weighted by molar-refractivity contribution is 6.32. The molecule has 0 unspecified atom stereocenters. The molecule has 1 N–H and O–H groups in total. The number of amides is 1. The quantitative estimate of drug-likeness (QED) is 0.624. The van der Waals surface area contributed by atoms with E-state index >= 15 is 0 Å². The van der Waals surface area contributed by atoms with Gasteiger partial charge in [-0.15, -0.1) is 0 Å². The van der Waals surface area contributed by atoms with Crippen molar-refractivity contribution < 1.29 is 9.90 Å². The number of aromatic hydroxyl groups is 1. The first kappa shape index (κ1) is 17.8. The van der Waals surface area contributed by atoms with E-state index in [1.165, 1.54) is 0 Å². The van der Waals surface area contributed by atoms with E-state index in [-0.39, 0.29) is 11.8 Å². The van der Waals surface area contributed by atoms with Crippen molar-refractivity contribution in [2.45, 2.75) is 19.9 Å². The van der Waals surface area contributed by atoms with Gasteiger partial charge in [0.25, 0.3) is 5.91 Å². The van der Waals surface area contributed by atoms with E-state index < -0.39 is 0 Å². The smallest absolute Gasteiger partial charge is 0.280 e. The molecule has 0 saturated carbocycles. The van der Waals surface area contributed by atoms with E-state index in [9.17, 15) is 9.90 Å². The molecule has 3 aromatic rings. The Hall–Kier alpha value is -2.56. The Kier molecular flexibility index (Phi) is 4.54. The number of halogens is 2. The summed E-state index contributed by atoms with van der Waals surface area (Å²) < 4.78 is 1.77. The van der Waals surface area contributed by atoms with Crippen LogP contribution < -0.4 is 0 Å². The largest absolute Gasteiger partial charge is 0.494 e. The summed E-state index contributed by atoms with van der Waals surface area (Å²) in [5.41, 5.74) is 3.57.